The molecule has 2 aromatic carbocycles. The number of aromatic amines is 1. The summed E-state index contributed by atoms with van der Waals surface area (Å²) in [5.41, 5.74) is 4.98. The summed E-state index contributed by atoms with van der Waals surface area (Å²) in [7, 11) is 1.68. The SMILES string of the molecule is COc1ccc2c3c([nH]c2c1)[C@H](CO)N(Cc1ccccc1)CC31CCN(C(=O)c2ccccn2)CC1. The van der Waals surface area contributed by atoms with Crippen LogP contribution >= 0.6 is 0 Å². The minimum Gasteiger partial charge on any atom is -0.497 e. The molecule has 1 fully saturated rings. The Hall–Kier alpha value is -3.68. The molecule has 4 aromatic rings. The van der Waals surface area contributed by atoms with Crippen LogP contribution in [0.5, 0.6) is 5.75 Å². The van der Waals surface area contributed by atoms with Crippen molar-refractivity contribution in [2.75, 3.05) is 33.4 Å². The van der Waals surface area contributed by atoms with E-state index in [0.717, 1.165) is 42.9 Å². The summed E-state index contributed by atoms with van der Waals surface area (Å²) in [5.74, 6) is 0.794. The number of H-pyrrole nitrogens is 1. The number of aromatic nitrogens is 2. The maximum atomic E-state index is 13.2. The molecule has 0 saturated carbocycles. The van der Waals surface area contributed by atoms with Crippen molar-refractivity contribution in [3.63, 3.8) is 0 Å². The molecule has 0 unspecified atom stereocenters. The largest absolute Gasteiger partial charge is 0.497 e. The van der Waals surface area contributed by atoms with Gasteiger partial charge in [0.1, 0.15) is 11.4 Å². The average Bonchev–Trinajstić information content (AvgIpc) is 3.34. The van der Waals surface area contributed by atoms with Crippen LogP contribution in [0.1, 0.15) is 46.2 Å². The third-order valence-corrected chi connectivity index (χ3v) is 8.14. The third kappa shape index (κ3) is 4.18. The Labute approximate surface area is 216 Å². The van der Waals surface area contributed by atoms with Crippen molar-refractivity contribution in [1.82, 2.24) is 19.8 Å². The number of piperidine rings is 1. The number of carbonyl (C=O) groups excluding carboxylic acids is 1. The zero-order valence-corrected chi connectivity index (χ0v) is 21.1. The smallest absolute Gasteiger partial charge is 0.272 e. The quantitative estimate of drug-likeness (QED) is 0.431. The fraction of sp³-hybridized carbons (Fsp3) is 0.333. The molecule has 0 radical (unpaired) electrons. The van der Waals surface area contributed by atoms with E-state index in [0.29, 0.717) is 18.8 Å². The summed E-state index contributed by atoms with van der Waals surface area (Å²) < 4.78 is 5.50. The number of nitrogens with zero attached hydrogens (tertiary/aromatic N) is 3. The summed E-state index contributed by atoms with van der Waals surface area (Å²) in [5, 5.41) is 11.8. The Morgan fingerprint density at radius 3 is 2.59 bits per heavy atom. The number of methoxy groups -OCH3 is 1. The van der Waals surface area contributed by atoms with E-state index in [9.17, 15) is 9.90 Å². The van der Waals surface area contributed by atoms with Gasteiger partial charge in [0.25, 0.3) is 5.91 Å². The van der Waals surface area contributed by atoms with Gasteiger partial charge < -0.3 is 19.7 Å². The lowest BCUT2D eigenvalue weighted by molar-refractivity contribution is 0.0384. The van der Waals surface area contributed by atoms with Crippen LogP contribution in [-0.4, -0.2) is 64.1 Å². The van der Waals surface area contributed by atoms with Crippen molar-refractivity contribution >= 4 is 16.8 Å². The molecular formula is C30H32N4O3. The van der Waals surface area contributed by atoms with Crippen LogP contribution in [0.4, 0.5) is 0 Å². The highest BCUT2D eigenvalue weighted by molar-refractivity contribution is 5.92. The second-order valence-corrected chi connectivity index (χ2v) is 10.2. The Balaban J connectivity index is 1.39. The zero-order chi connectivity index (χ0) is 25.4. The van der Waals surface area contributed by atoms with Gasteiger partial charge in [-0.2, -0.15) is 0 Å². The van der Waals surface area contributed by atoms with Gasteiger partial charge in [0.2, 0.25) is 0 Å². The number of benzene rings is 2. The predicted molar refractivity (Wildman–Crippen MR) is 143 cm³/mol. The lowest BCUT2D eigenvalue weighted by Crippen LogP contribution is -2.54. The number of ether oxygens (including phenoxy) is 1. The van der Waals surface area contributed by atoms with Crippen molar-refractivity contribution in [3.8, 4) is 5.75 Å². The first-order chi connectivity index (χ1) is 18.1. The van der Waals surface area contributed by atoms with Gasteiger partial charge in [-0.25, -0.2) is 0 Å². The standard InChI is InChI=1S/C30H32N4O3/c1-37-22-10-11-23-25(17-22)32-28-26(19-35)34(18-21-7-3-2-4-8-21)20-30(27(23)28)12-15-33(16-13-30)29(36)24-9-5-6-14-31-24/h2-11,14,17,26,32,35H,12-13,15-16,18-20H2,1H3/t26-/m0/s1. The highest BCUT2D eigenvalue weighted by Gasteiger charge is 2.47. The zero-order valence-electron chi connectivity index (χ0n) is 21.1. The second kappa shape index (κ2) is 9.65. The van der Waals surface area contributed by atoms with Gasteiger partial charge in [0, 0.05) is 60.5 Å². The minimum atomic E-state index is -0.135. The maximum Gasteiger partial charge on any atom is 0.272 e. The number of aliphatic hydroxyl groups is 1. The molecule has 7 heteroatoms. The Morgan fingerprint density at radius 1 is 1.11 bits per heavy atom. The van der Waals surface area contributed by atoms with E-state index in [-0.39, 0.29) is 24.0 Å². The summed E-state index contributed by atoms with van der Waals surface area (Å²) in [6.07, 6.45) is 3.37. The fourth-order valence-electron chi connectivity index (χ4n) is 6.29. The number of aliphatic hydroxyl groups excluding tert-OH is 1. The van der Waals surface area contributed by atoms with Gasteiger partial charge in [-0.3, -0.25) is 14.7 Å². The van der Waals surface area contributed by atoms with Crippen LogP contribution in [0.25, 0.3) is 10.9 Å². The van der Waals surface area contributed by atoms with Crippen LogP contribution in [0.2, 0.25) is 0 Å². The summed E-state index contributed by atoms with van der Waals surface area (Å²) in [6, 6.07) is 22.0. The molecule has 0 aliphatic carbocycles. The number of fused-ring (bicyclic) bond motifs is 4. The first kappa shape index (κ1) is 23.7. The Kier molecular flexibility index (Phi) is 6.18. The van der Waals surface area contributed by atoms with Crippen molar-refractivity contribution in [3.05, 3.63) is 95.4 Å². The van der Waals surface area contributed by atoms with Crippen LogP contribution in [-0.2, 0) is 12.0 Å². The number of carbonyl (C=O) groups is 1. The van der Waals surface area contributed by atoms with Crippen molar-refractivity contribution in [2.45, 2.75) is 30.8 Å². The molecule has 1 spiro atoms. The highest BCUT2D eigenvalue weighted by Crippen LogP contribution is 2.49. The Morgan fingerprint density at radius 2 is 1.89 bits per heavy atom. The average molecular weight is 497 g/mol. The molecule has 1 amide bonds. The van der Waals surface area contributed by atoms with E-state index in [1.807, 2.05) is 35.2 Å². The first-order valence-electron chi connectivity index (χ1n) is 12.9. The molecule has 0 bridgehead atoms. The number of pyridine rings is 1. The molecule has 4 heterocycles. The van der Waals surface area contributed by atoms with Crippen LogP contribution < -0.4 is 4.74 Å². The second-order valence-electron chi connectivity index (χ2n) is 10.2. The normalized spacial score (nSPS) is 19.2. The number of amides is 1. The monoisotopic (exact) mass is 496 g/mol. The molecule has 7 nitrogen and oxygen atoms in total. The van der Waals surface area contributed by atoms with Crippen LogP contribution in [0.3, 0.4) is 0 Å². The molecule has 190 valence electrons. The summed E-state index contributed by atoms with van der Waals surface area (Å²) in [4.78, 5) is 25.4. The molecular weight excluding hydrogens is 464 g/mol. The molecule has 6 rings (SSSR count). The van der Waals surface area contributed by atoms with Crippen LogP contribution in [0, 0.1) is 0 Å². The number of rotatable bonds is 5. The molecule has 2 aliphatic rings. The van der Waals surface area contributed by atoms with Gasteiger partial charge >= 0.3 is 0 Å². The molecule has 1 atom stereocenters. The summed E-state index contributed by atoms with van der Waals surface area (Å²) >= 11 is 0. The van der Waals surface area contributed by atoms with Gasteiger partial charge in [-0.15, -0.1) is 0 Å². The van der Waals surface area contributed by atoms with E-state index < -0.39 is 0 Å². The number of nitrogens with one attached hydrogen (secondary N) is 1. The van der Waals surface area contributed by atoms with E-state index in [4.69, 9.17) is 4.74 Å². The molecule has 2 aliphatic heterocycles. The Bertz CT molecular complexity index is 1390. The molecule has 1 saturated heterocycles. The van der Waals surface area contributed by atoms with Gasteiger partial charge in [-0.1, -0.05) is 36.4 Å². The van der Waals surface area contributed by atoms with E-state index in [2.05, 4.69) is 45.2 Å². The van der Waals surface area contributed by atoms with Crippen molar-refractivity contribution in [2.24, 2.45) is 0 Å². The molecule has 2 N–H and O–H groups in total. The topological polar surface area (TPSA) is 81.7 Å². The number of likely N-dealkylation sites (tertiary alicyclic amines) is 1. The lowest BCUT2D eigenvalue weighted by Gasteiger charge is -2.50. The molecule has 37 heavy (non-hydrogen) atoms. The lowest BCUT2D eigenvalue weighted by atomic mass is 9.68. The predicted octanol–water partition coefficient (Wildman–Crippen LogP) is 4.29. The third-order valence-electron chi connectivity index (χ3n) is 8.14. The van der Waals surface area contributed by atoms with E-state index in [1.165, 1.54) is 16.5 Å². The summed E-state index contributed by atoms with van der Waals surface area (Å²) in [6.45, 7) is 2.94. The molecule has 2 aromatic heterocycles. The van der Waals surface area contributed by atoms with Crippen molar-refractivity contribution < 1.29 is 14.6 Å². The van der Waals surface area contributed by atoms with Crippen molar-refractivity contribution in [1.29, 1.82) is 0 Å². The minimum absolute atomic E-state index is 0.00970. The number of hydrogen-bond acceptors (Lipinski definition) is 5. The first-order valence-corrected chi connectivity index (χ1v) is 12.9. The van der Waals surface area contributed by atoms with E-state index in [1.54, 1.807) is 19.4 Å². The van der Waals surface area contributed by atoms with Gasteiger partial charge in [0.05, 0.1) is 19.8 Å². The maximum absolute atomic E-state index is 13.2. The highest BCUT2D eigenvalue weighted by atomic mass is 16.5. The fourth-order valence-corrected chi connectivity index (χ4v) is 6.29. The van der Waals surface area contributed by atoms with Gasteiger partial charge in [0.15, 0.2) is 0 Å². The van der Waals surface area contributed by atoms with Crippen LogP contribution in [0.15, 0.2) is 72.9 Å². The number of hydrogen-bond donors (Lipinski definition) is 2. The van der Waals surface area contributed by atoms with E-state index >= 15 is 0 Å². The van der Waals surface area contributed by atoms with Gasteiger partial charge in [-0.05, 0) is 48.2 Å².